The largest absolute Gasteiger partial charge is 0.481 e. The minimum atomic E-state index is -0.198. The summed E-state index contributed by atoms with van der Waals surface area (Å²) in [5.41, 5.74) is 22.3. The zero-order valence-electron chi connectivity index (χ0n) is 21.4. The molecule has 2 aromatic rings. The molecular formula is C28H38N6O2. The SMILES string of the molecule is CC1Oc2ccc(NC(C)C3CCCC(CC(N)c4ccc5c(c4)N=C(N)C(C)O5)C3)cc2N=C1N. The molecule has 0 radical (unpaired) electrons. The predicted molar refractivity (Wildman–Crippen MR) is 146 cm³/mol. The summed E-state index contributed by atoms with van der Waals surface area (Å²) in [6.45, 7) is 6.09. The first-order valence-corrected chi connectivity index (χ1v) is 13.1. The van der Waals surface area contributed by atoms with E-state index < -0.39 is 0 Å². The topological polar surface area (TPSA) is 133 Å². The molecule has 0 saturated heterocycles. The monoisotopic (exact) mass is 490 g/mol. The van der Waals surface area contributed by atoms with Crippen molar-refractivity contribution in [2.45, 2.75) is 77.2 Å². The zero-order chi connectivity index (χ0) is 25.4. The molecule has 2 aromatic carbocycles. The highest BCUT2D eigenvalue weighted by molar-refractivity contribution is 5.90. The molecule has 0 amide bonds. The molecule has 6 atom stereocenters. The molecule has 192 valence electrons. The number of hydrogen-bond donors (Lipinski definition) is 4. The Labute approximate surface area is 213 Å². The molecule has 5 rings (SSSR count). The van der Waals surface area contributed by atoms with Gasteiger partial charge in [-0.15, -0.1) is 0 Å². The highest BCUT2D eigenvalue weighted by Gasteiger charge is 2.28. The van der Waals surface area contributed by atoms with Gasteiger partial charge in [0.15, 0.2) is 12.2 Å². The molecule has 0 spiro atoms. The molecule has 2 heterocycles. The first-order chi connectivity index (χ1) is 17.3. The number of anilines is 1. The molecule has 1 aliphatic carbocycles. The first-order valence-electron chi connectivity index (χ1n) is 13.1. The summed E-state index contributed by atoms with van der Waals surface area (Å²) >= 11 is 0. The van der Waals surface area contributed by atoms with Gasteiger partial charge in [0.25, 0.3) is 0 Å². The van der Waals surface area contributed by atoms with E-state index in [1.165, 1.54) is 19.3 Å². The van der Waals surface area contributed by atoms with E-state index in [-0.39, 0.29) is 18.2 Å². The van der Waals surface area contributed by atoms with E-state index in [0.29, 0.717) is 29.5 Å². The molecule has 0 aromatic heterocycles. The molecule has 1 saturated carbocycles. The number of ether oxygens (including phenoxy) is 2. The van der Waals surface area contributed by atoms with Crippen molar-refractivity contribution in [3.05, 3.63) is 42.0 Å². The van der Waals surface area contributed by atoms with Crippen molar-refractivity contribution < 1.29 is 9.47 Å². The smallest absolute Gasteiger partial charge is 0.153 e. The fourth-order valence-corrected chi connectivity index (χ4v) is 5.58. The average molecular weight is 491 g/mol. The van der Waals surface area contributed by atoms with E-state index in [4.69, 9.17) is 26.7 Å². The minimum absolute atomic E-state index is 0.0375. The van der Waals surface area contributed by atoms with Crippen molar-refractivity contribution in [1.29, 1.82) is 0 Å². The lowest BCUT2D eigenvalue weighted by molar-refractivity contribution is 0.228. The Kier molecular flexibility index (Phi) is 6.79. The summed E-state index contributed by atoms with van der Waals surface area (Å²) in [5, 5.41) is 3.70. The first kappa shape index (κ1) is 24.4. The Balaban J connectivity index is 1.20. The Bertz CT molecular complexity index is 1180. The van der Waals surface area contributed by atoms with Gasteiger partial charge in [-0.1, -0.05) is 18.9 Å². The van der Waals surface area contributed by atoms with Crippen LogP contribution in [0.5, 0.6) is 11.5 Å². The second-order valence-corrected chi connectivity index (χ2v) is 10.6. The minimum Gasteiger partial charge on any atom is -0.481 e. The quantitative estimate of drug-likeness (QED) is 0.454. The molecule has 2 aliphatic heterocycles. The number of nitrogens with one attached hydrogen (secondary N) is 1. The summed E-state index contributed by atoms with van der Waals surface area (Å²) in [4.78, 5) is 9.02. The number of fused-ring (bicyclic) bond motifs is 2. The van der Waals surface area contributed by atoms with Gasteiger partial charge in [-0.25, -0.2) is 9.98 Å². The van der Waals surface area contributed by atoms with Crippen LogP contribution in [-0.4, -0.2) is 29.9 Å². The van der Waals surface area contributed by atoms with Crippen LogP contribution in [0.4, 0.5) is 17.1 Å². The zero-order valence-corrected chi connectivity index (χ0v) is 21.4. The van der Waals surface area contributed by atoms with Gasteiger partial charge in [0.05, 0.1) is 0 Å². The van der Waals surface area contributed by atoms with Crippen LogP contribution in [0, 0.1) is 11.8 Å². The predicted octanol–water partition coefficient (Wildman–Crippen LogP) is 4.92. The molecule has 36 heavy (non-hydrogen) atoms. The number of rotatable bonds is 6. The molecule has 0 bridgehead atoms. The van der Waals surface area contributed by atoms with Gasteiger partial charge >= 0.3 is 0 Å². The second-order valence-electron chi connectivity index (χ2n) is 10.6. The maximum atomic E-state index is 6.68. The Morgan fingerprint density at radius 3 is 2.28 bits per heavy atom. The molecular weight excluding hydrogens is 452 g/mol. The third-order valence-electron chi connectivity index (χ3n) is 7.82. The van der Waals surface area contributed by atoms with E-state index in [0.717, 1.165) is 47.0 Å². The van der Waals surface area contributed by atoms with Crippen molar-refractivity contribution in [3.8, 4) is 11.5 Å². The standard InChI is InChI=1S/C28H38N6O2/c1-15(32-21-8-10-26-24(14-21)34-28(31)17(3)36-26)19-6-4-5-18(11-19)12-22(29)20-7-9-25-23(13-20)33-27(30)16(2)35-25/h7-10,13-19,22,32H,4-6,11-12,29H2,1-3H3,(H2,30,33)(H2,31,34). The van der Waals surface area contributed by atoms with Crippen LogP contribution >= 0.6 is 0 Å². The van der Waals surface area contributed by atoms with Crippen molar-refractivity contribution in [2.24, 2.45) is 39.0 Å². The van der Waals surface area contributed by atoms with Gasteiger partial charge in [-0.3, -0.25) is 0 Å². The van der Waals surface area contributed by atoms with Crippen molar-refractivity contribution in [2.75, 3.05) is 5.32 Å². The third-order valence-corrected chi connectivity index (χ3v) is 7.82. The van der Waals surface area contributed by atoms with Gasteiger partial charge in [0.1, 0.15) is 34.5 Å². The summed E-state index contributed by atoms with van der Waals surface area (Å²) in [7, 11) is 0. The Morgan fingerprint density at radius 1 is 0.944 bits per heavy atom. The molecule has 7 N–H and O–H groups in total. The van der Waals surface area contributed by atoms with Gasteiger partial charge in [0.2, 0.25) is 0 Å². The fourth-order valence-electron chi connectivity index (χ4n) is 5.58. The van der Waals surface area contributed by atoms with E-state index in [9.17, 15) is 0 Å². The lowest BCUT2D eigenvalue weighted by atomic mass is 9.75. The maximum absolute atomic E-state index is 6.68. The highest BCUT2D eigenvalue weighted by atomic mass is 16.5. The second kappa shape index (κ2) is 10.0. The fraction of sp³-hybridized carbons (Fsp3) is 0.500. The average Bonchev–Trinajstić information content (AvgIpc) is 2.85. The number of nitrogens with two attached hydrogens (primary N) is 3. The Hall–Kier alpha value is -3.26. The number of benzene rings is 2. The van der Waals surface area contributed by atoms with Crippen LogP contribution in [0.1, 0.15) is 64.5 Å². The highest BCUT2D eigenvalue weighted by Crippen LogP contribution is 2.40. The van der Waals surface area contributed by atoms with Gasteiger partial charge in [-0.2, -0.15) is 0 Å². The number of hydrogen-bond acceptors (Lipinski definition) is 8. The van der Waals surface area contributed by atoms with Gasteiger partial charge in [-0.05, 0) is 87.8 Å². The molecule has 6 unspecified atom stereocenters. The van der Waals surface area contributed by atoms with Crippen LogP contribution in [0.3, 0.4) is 0 Å². The van der Waals surface area contributed by atoms with Crippen LogP contribution in [-0.2, 0) is 0 Å². The summed E-state index contributed by atoms with van der Waals surface area (Å²) in [6, 6.07) is 12.4. The number of aliphatic imine (C=N–C) groups is 2. The van der Waals surface area contributed by atoms with Crippen LogP contribution in [0.2, 0.25) is 0 Å². The molecule has 8 nitrogen and oxygen atoms in total. The van der Waals surface area contributed by atoms with Crippen LogP contribution < -0.4 is 32.0 Å². The van der Waals surface area contributed by atoms with Gasteiger partial charge < -0.3 is 32.0 Å². The van der Waals surface area contributed by atoms with E-state index in [2.05, 4.69) is 34.4 Å². The van der Waals surface area contributed by atoms with E-state index in [1.807, 2.05) is 38.1 Å². The van der Waals surface area contributed by atoms with E-state index in [1.54, 1.807) is 0 Å². The maximum Gasteiger partial charge on any atom is 0.153 e. The van der Waals surface area contributed by atoms with Gasteiger partial charge in [0, 0.05) is 17.8 Å². The van der Waals surface area contributed by atoms with Crippen molar-refractivity contribution in [1.82, 2.24) is 0 Å². The third kappa shape index (κ3) is 5.14. The number of amidine groups is 2. The summed E-state index contributed by atoms with van der Waals surface area (Å²) < 4.78 is 11.7. The Morgan fingerprint density at radius 2 is 1.58 bits per heavy atom. The van der Waals surface area contributed by atoms with Crippen molar-refractivity contribution >= 4 is 28.7 Å². The summed E-state index contributed by atoms with van der Waals surface area (Å²) in [6.07, 6.45) is 5.40. The van der Waals surface area contributed by atoms with Crippen molar-refractivity contribution in [3.63, 3.8) is 0 Å². The lowest BCUT2D eigenvalue weighted by Crippen LogP contribution is -2.33. The molecule has 1 fully saturated rings. The van der Waals surface area contributed by atoms with Crippen LogP contribution in [0.15, 0.2) is 46.4 Å². The van der Waals surface area contributed by atoms with E-state index >= 15 is 0 Å². The molecule has 3 aliphatic rings. The van der Waals surface area contributed by atoms with Crippen LogP contribution in [0.25, 0.3) is 0 Å². The summed E-state index contributed by atoms with van der Waals surface area (Å²) in [5.74, 6) is 3.73. The normalized spacial score (nSPS) is 26.8. The number of nitrogens with zero attached hydrogens (tertiary/aromatic N) is 2. The lowest BCUT2D eigenvalue weighted by Gasteiger charge is -2.35. The molecule has 8 heteroatoms.